The molecular formula is C14H17F4NO2. The molecule has 21 heavy (non-hydrogen) atoms. The van der Waals surface area contributed by atoms with Crippen molar-refractivity contribution in [2.24, 2.45) is 0 Å². The molecule has 0 saturated carbocycles. The van der Waals surface area contributed by atoms with Crippen LogP contribution in [-0.2, 0) is 10.9 Å². The molecule has 1 amide bonds. The SMILES string of the molecule is COCCN(C(=O)c1ccc(F)c(C(F)(F)F)c1)C(C)C. The minimum atomic E-state index is -4.84. The Morgan fingerprint density at radius 3 is 2.43 bits per heavy atom. The first-order chi connectivity index (χ1) is 9.68. The lowest BCUT2D eigenvalue weighted by Gasteiger charge is -2.26. The topological polar surface area (TPSA) is 29.5 Å². The molecule has 1 aromatic rings. The van der Waals surface area contributed by atoms with Crippen molar-refractivity contribution in [3.8, 4) is 0 Å². The van der Waals surface area contributed by atoms with Crippen LogP contribution >= 0.6 is 0 Å². The number of carbonyl (C=O) groups excluding carboxylic acids is 1. The van der Waals surface area contributed by atoms with E-state index in [2.05, 4.69) is 0 Å². The van der Waals surface area contributed by atoms with Crippen molar-refractivity contribution in [1.82, 2.24) is 4.90 Å². The fourth-order valence-corrected chi connectivity index (χ4v) is 1.83. The minimum Gasteiger partial charge on any atom is -0.383 e. The van der Waals surface area contributed by atoms with Gasteiger partial charge in [0.15, 0.2) is 0 Å². The molecule has 0 unspecified atom stereocenters. The van der Waals surface area contributed by atoms with Gasteiger partial charge in [0.05, 0.1) is 12.2 Å². The summed E-state index contributed by atoms with van der Waals surface area (Å²) in [6, 6.07) is 2.03. The first-order valence-corrected chi connectivity index (χ1v) is 6.35. The number of benzene rings is 1. The molecule has 3 nitrogen and oxygen atoms in total. The molecule has 7 heteroatoms. The van der Waals surface area contributed by atoms with Crippen LogP contribution in [0.2, 0.25) is 0 Å². The van der Waals surface area contributed by atoms with Crippen molar-refractivity contribution in [1.29, 1.82) is 0 Å². The number of carbonyl (C=O) groups is 1. The first kappa shape index (κ1) is 17.4. The molecule has 0 aliphatic carbocycles. The molecule has 0 spiro atoms. The van der Waals surface area contributed by atoms with E-state index in [1.54, 1.807) is 13.8 Å². The van der Waals surface area contributed by atoms with E-state index in [1.165, 1.54) is 12.0 Å². The van der Waals surface area contributed by atoms with Gasteiger partial charge in [0, 0.05) is 25.3 Å². The standard InChI is InChI=1S/C14H17F4NO2/c1-9(2)19(6-7-21-3)13(20)10-4-5-12(15)11(8-10)14(16,17)18/h4-5,8-9H,6-7H2,1-3H3. The maximum atomic E-state index is 13.2. The van der Waals surface area contributed by atoms with Crippen LogP contribution in [0.5, 0.6) is 0 Å². The molecule has 0 fully saturated rings. The average Bonchev–Trinajstić information content (AvgIpc) is 2.37. The number of ether oxygens (including phenoxy) is 1. The van der Waals surface area contributed by atoms with Crippen LogP contribution in [0.25, 0.3) is 0 Å². The molecule has 0 saturated heterocycles. The van der Waals surface area contributed by atoms with Crippen molar-refractivity contribution in [2.75, 3.05) is 20.3 Å². The van der Waals surface area contributed by atoms with Gasteiger partial charge >= 0.3 is 6.18 Å². The van der Waals surface area contributed by atoms with Crippen LogP contribution in [0.1, 0.15) is 29.8 Å². The number of amides is 1. The summed E-state index contributed by atoms with van der Waals surface area (Å²) in [5.74, 6) is -1.99. The molecule has 1 rings (SSSR count). The van der Waals surface area contributed by atoms with Gasteiger partial charge in [-0.2, -0.15) is 13.2 Å². The van der Waals surface area contributed by atoms with Gasteiger partial charge in [-0.1, -0.05) is 0 Å². The summed E-state index contributed by atoms with van der Waals surface area (Å²) in [6.07, 6.45) is -4.84. The van der Waals surface area contributed by atoms with Gasteiger partial charge in [0.25, 0.3) is 5.91 Å². The third kappa shape index (κ3) is 4.42. The Hall–Kier alpha value is -1.63. The van der Waals surface area contributed by atoms with E-state index in [-0.39, 0.29) is 24.8 Å². The van der Waals surface area contributed by atoms with Gasteiger partial charge in [-0.15, -0.1) is 0 Å². The summed E-state index contributed by atoms with van der Waals surface area (Å²) in [6.45, 7) is 3.98. The van der Waals surface area contributed by atoms with Crippen LogP contribution in [-0.4, -0.2) is 37.1 Å². The van der Waals surface area contributed by atoms with Crippen molar-refractivity contribution in [3.05, 3.63) is 35.1 Å². The Labute approximate surface area is 120 Å². The maximum Gasteiger partial charge on any atom is 0.419 e. The Morgan fingerprint density at radius 2 is 1.95 bits per heavy atom. The van der Waals surface area contributed by atoms with Gasteiger partial charge in [0.2, 0.25) is 0 Å². The summed E-state index contributed by atoms with van der Waals surface area (Å²) in [4.78, 5) is 13.6. The summed E-state index contributed by atoms with van der Waals surface area (Å²) in [7, 11) is 1.46. The molecule has 0 N–H and O–H groups in total. The Bertz CT molecular complexity index is 500. The molecule has 118 valence electrons. The monoisotopic (exact) mass is 307 g/mol. The molecule has 0 bridgehead atoms. The zero-order valence-electron chi connectivity index (χ0n) is 12.0. The van der Waals surface area contributed by atoms with E-state index < -0.39 is 23.5 Å². The summed E-state index contributed by atoms with van der Waals surface area (Å²) < 4.78 is 56.1. The van der Waals surface area contributed by atoms with Crippen LogP contribution in [0.3, 0.4) is 0 Å². The molecule has 0 aliphatic heterocycles. The molecule has 0 atom stereocenters. The average molecular weight is 307 g/mol. The predicted octanol–water partition coefficient (Wildman–Crippen LogP) is 3.34. The largest absolute Gasteiger partial charge is 0.419 e. The molecular weight excluding hydrogens is 290 g/mol. The fourth-order valence-electron chi connectivity index (χ4n) is 1.83. The van der Waals surface area contributed by atoms with Crippen molar-refractivity contribution < 1.29 is 27.1 Å². The lowest BCUT2D eigenvalue weighted by atomic mass is 10.1. The highest BCUT2D eigenvalue weighted by atomic mass is 19.4. The van der Waals surface area contributed by atoms with E-state index in [0.717, 1.165) is 6.07 Å². The van der Waals surface area contributed by atoms with Crippen molar-refractivity contribution in [2.45, 2.75) is 26.1 Å². The number of alkyl halides is 3. The molecule has 1 aromatic carbocycles. The normalized spacial score (nSPS) is 11.8. The second kappa shape index (κ2) is 6.89. The number of rotatable bonds is 5. The van der Waals surface area contributed by atoms with Gasteiger partial charge in [0.1, 0.15) is 5.82 Å². The summed E-state index contributed by atoms with van der Waals surface area (Å²) in [5.41, 5.74) is -1.64. The van der Waals surface area contributed by atoms with Crippen molar-refractivity contribution >= 4 is 5.91 Å². The van der Waals surface area contributed by atoms with Crippen LogP contribution in [0.15, 0.2) is 18.2 Å². The Balaban J connectivity index is 3.11. The van der Waals surface area contributed by atoms with E-state index in [0.29, 0.717) is 12.1 Å². The third-order valence-electron chi connectivity index (χ3n) is 2.94. The number of nitrogens with zero attached hydrogens (tertiary/aromatic N) is 1. The zero-order chi connectivity index (χ0) is 16.2. The van der Waals surface area contributed by atoms with E-state index >= 15 is 0 Å². The van der Waals surface area contributed by atoms with Gasteiger partial charge in [-0.25, -0.2) is 4.39 Å². The molecule has 0 radical (unpaired) electrons. The smallest absolute Gasteiger partial charge is 0.383 e. The summed E-state index contributed by atoms with van der Waals surface area (Å²) in [5, 5.41) is 0. The number of hydrogen-bond donors (Lipinski definition) is 0. The van der Waals surface area contributed by atoms with Gasteiger partial charge in [-0.05, 0) is 32.0 Å². The highest BCUT2D eigenvalue weighted by molar-refractivity contribution is 5.94. The lowest BCUT2D eigenvalue weighted by Crippen LogP contribution is -2.39. The van der Waals surface area contributed by atoms with E-state index in [9.17, 15) is 22.4 Å². The number of halogens is 4. The highest BCUT2D eigenvalue weighted by Crippen LogP contribution is 2.32. The highest BCUT2D eigenvalue weighted by Gasteiger charge is 2.35. The number of hydrogen-bond acceptors (Lipinski definition) is 2. The van der Waals surface area contributed by atoms with Gasteiger partial charge in [-0.3, -0.25) is 4.79 Å². The lowest BCUT2D eigenvalue weighted by molar-refractivity contribution is -0.140. The fraction of sp³-hybridized carbons (Fsp3) is 0.500. The molecule has 0 aromatic heterocycles. The van der Waals surface area contributed by atoms with Crippen LogP contribution in [0, 0.1) is 5.82 Å². The summed E-state index contributed by atoms with van der Waals surface area (Å²) >= 11 is 0. The second-order valence-corrected chi connectivity index (χ2v) is 4.78. The van der Waals surface area contributed by atoms with E-state index in [4.69, 9.17) is 4.74 Å². The first-order valence-electron chi connectivity index (χ1n) is 6.35. The Kier molecular flexibility index (Phi) is 5.71. The van der Waals surface area contributed by atoms with Crippen LogP contribution in [0.4, 0.5) is 17.6 Å². The quantitative estimate of drug-likeness (QED) is 0.781. The molecule has 0 aliphatic rings. The third-order valence-corrected chi connectivity index (χ3v) is 2.94. The maximum absolute atomic E-state index is 13.2. The van der Waals surface area contributed by atoms with E-state index in [1.807, 2.05) is 0 Å². The Morgan fingerprint density at radius 1 is 1.33 bits per heavy atom. The van der Waals surface area contributed by atoms with Gasteiger partial charge < -0.3 is 9.64 Å². The second-order valence-electron chi connectivity index (χ2n) is 4.78. The van der Waals surface area contributed by atoms with Crippen LogP contribution < -0.4 is 0 Å². The minimum absolute atomic E-state index is 0.200. The van der Waals surface area contributed by atoms with Crippen molar-refractivity contribution in [3.63, 3.8) is 0 Å². The predicted molar refractivity (Wildman–Crippen MR) is 69.5 cm³/mol. The zero-order valence-corrected chi connectivity index (χ0v) is 12.0. The number of methoxy groups -OCH3 is 1. The molecule has 0 heterocycles.